The van der Waals surface area contributed by atoms with E-state index in [1.165, 1.54) is 4.90 Å². The van der Waals surface area contributed by atoms with Crippen molar-refractivity contribution < 1.29 is 26.7 Å². The summed E-state index contributed by atoms with van der Waals surface area (Å²) in [6.45, 7) is 0.581. The van der Waals surface area contributed by atoms with E-state index >= 15 is 0 Å². The molecule has 1 unspecified atom stereocenters. The van der Waals surface area contributed by atoms with Crippen molar-refractivity contribution in [3.05, 3.63) is 22.8 Å². The van der Waals surface area contributed by atoms with Gasteiger partial charge in [0.1, 0.15) is 5.82 Å². The molecule has 0 saturated carbocycles. The number of carbonyl (C=O) groups excluding carboxylic acids is 1. The molecule has 5 nitrogen and oxygen atoms in total. The van der Waals surface area contributed by atoms with Crippen LogP contribution in [-0.2, 0) is 11.0 Å². The minimum atomic E-state index is -4.53. The number of anilines is 1. The number of pyridine rings is 1. The zero-order valence-corrected chi connectivity index (χ0v) is 16.7. The normalized spacial score (nSPS) is 21.7. The third-order valence-electron chi connectivity index (χ3n) is 4.45. The second-order valence-corrected chi connectivity index (χ2v) is 6.74. The first-order valence-corrected chi connectivity index (χ1v) is 8.32. The Kier molecular flexibility index (Phi) is 8.15. The van der Waals surface area contributed by atoms with E-state index in [0.29, 0.717) is 19.3 Å². The van der Waals surface area contributed by atoms with Crippen LogP contribution in [-0.4, -0.2) is 60.5 Å². The molecule has 0 bridgehead atoms. The van der Waals surface area contributed by atoms with Gasteiger partial charge in [-0.1, -0.05) is 11.6 Å². The Hall–Kier alpha value is -1.10. The molecule has 1 amide bonds. The summed E-state index contributed by atoms with van der Waals surface area (Å²) in [6.07, 6.45) is -4.35. The summed E-state index contributed by atoms with van der Waals surface area (Å²) in [5.41, 5.74) is -0.937. The van der Waals surface area contributed by atoms with Gasteiger partial charge in [-0.15, -0.1) is 24.8 Å². The molecule has 2 fully saturated rings. The van der Waals surface area contributed by atoms with Crippen molar-refractivity contribution in [3.63, 3.8) is 0 Å². The number of nitrogens with zero attached hydrogens (tertiary/aromatic N) is 3. The van der Waals surface area contributed by atoms with E-state index in [9.17, 15) is 26.7 Å². The zero-order chi connectivity index (χ0) is 19.1. The van der Waals surface area contributed by atoms with Crippen LogP contribution < -0.4 is 10.2 Å². The molecule has 3 heterocycles. The van der Waals surface area contributed by atoms with Crippen LogP contribution in [0.4, 0.5) is 27.8 Å². The predicted octanol–water partition coefficient (Wildman–Crippen LogP) is 3.24. The van der Waals surface area contributed by atoms with Gasteiger partial charge in [-0.3, -0.25) is 10.1 Å². The van der Waals surface area contributed by atoms with E-state index in [-0.39, 0.29) is 48.7 Å². The average Bonchev–Trinajstić information content (AvgIpc) is 2.93. The van der Waals surface area contributed by atoms with Gasteiger partial charge in [0.15, 0.2) is 0 Å². The molecule has 0 radical (unpaired) electrons. The van der Waals surface area contributed by atoms with Crippen molar-refractivity contribution in [3.8, 4) is 0 Å². The molecule has 3 rings (SSSR count). The molecular weight excluding hydrogens is 454 g/mol. The first-order valence-electron chi connectivity index (χ1n) is 7.94. The van der Waals surface area contributed by atoms with Gasteiger partial charge in [-0.05, 0) is 6.07 Å². The number of hydrogen-bond acceptors (Lipinski definition) is 4. The van der Waals surface area contributed by atoms with Gasteiger partial charge in [-0.2, -0.15) is 13.2 Å². The Morgan fingerprint density at radius 3 is 2.29 bits per heavy atom. The first kappa shape index (κ1) is 24.9. The zero-order valence-electron chi connectivity index (χ0n) is 14.3. The lowest BCUT2D eigenvalue weighted by Gasteiger charge is -2.36. The number of carbonyl (C=O) groups is 1. The molecule has 1 aromatic rings. The van der Waals surface area contributed by atoms with Crippen molar-refractivity contribution in [2.45, 2.75) is 24.6 Å². The molecule has 1 N–H and O–H groups in total. The first-order chi connectivity index (χ1) is 12.1. The standard InChI is InChI=1S/C15H16ClF5N4O.2ClH/c16-10-5-9(15(19,20)21)7-22-12(10)24-1-3-25(4-2-24)13(26)11-6-14(17,18)8-23-11;;/h5,7,11,23H,1-4,6,8H2;2*1H. The molecule has 28 heavy (non-hydrogen) atoms. The topological polar surface area (TPSA) is 48.5 Å². The highest BCUT2D eigenvalue weighted by molar-refractivity contribution is 6.33. The van der Waals surface area contributed by atoms with Crippen LogP contribution in [0.2, 0.25) is 5.02 Å². The molecule has 2 aliphatic heterocycles. The minimum Gasteiger partial charge on any atom is -0.352 e. The number of nitrogens with one attached hydrogen (secondary N) is 1. The van der Waals surface area contributed by atoms with Crippen LogP contribution in [0, 0.1) is 0 Å². The molecule has 160 valence electrons. The minimum absolute atomic E-state index is 0. The smallest absolute Gasteiger partial charge is 0.352 e. The van der Waals surface area contributed by atoms with E-state index in [2.05, 4.69) is 10.3 Å². The predicted molar refractivity (Wildman–Crippen MR) is 98.9 cm³/mol. The second kappa shape index (κ2) is 9.15. The van der Waals surface area contributed by atoms with E-state index < -0.39 is 42.6 Å². The van der Waals surface area contributed by atoms with E-state index in [1.807, 2.05) is 0 Å². The number of rotatable bonds is 2. The summed E-state index contributed by atoms with van der Waals surface area (Å²) in [5.74, 6) is -3.08. The molecular formula is C15H18Cl3F5N4O. The third kappa shape index (κ3) is 5.49. The maximum Gasteiger partial charge on any atom is 0.417 e. The Bertz CT molecular complexity index is 699. The van der Waals surface area contributed by atoms with E-state index in [0.717, 1.165) is 6.07 Å². The van der Waals surface area contributed by atoms with E-state index in [4.69, 9.17) is 11.6 Å². The molecule has 0 spiro atoms. The fourth-order valence-electron chi connectivity index (χ4n) is 3.07. The number of alkyl halides is 5. The molecule has 2 saturated heterocycles. The van der Waals surface area contributed by atoms with Crippen molar-refractivity contribution in [1.82, 2.24) is 15.2 Å². The van der Waals surface area contributed by atoms with Crippen molar-refractivity contribution in [2.24, 2.45) is 0 Å². The van der Waals surface area contributed by atoms with Crippen molar-refractivity contribution in [1.29, 1.82) is 0 Å². The molecule has 13 heteroatoms. The van der Waals surface area contributed by atoms with Gasteiger partial charge in [0, 0.05) is 38.8 Å². The quantitative estimate of drug-likeness (QED) is 0.673. The van der Waals surface area contributed by atoms with Crippen LogP contribution in [0.3, 0.4) is 0 Å². The van der Waals surface area contributed by atoms with Crippen LogP contribution >= 0.6 is 36.4 Å². The van der Waals surface area contributed by atoms with Gasteiger partial charge in [0.2, 0.25) is 5.91 Å². The molecule has 1 aromatic heterocycles. The summed E-state index contributed by atoms with van der Waals surface area (Å²) in [7, 11) is 0. The Morgan fingerprint density at radius 1 is 1.21 bits per heavy atom. The lowest BCUT2D eigenvalue weighted by atomic mass is 10.1. The highest BCUT2D eigenvalue weighted by Gasteiger charge is 2.44. The fourth-order valence-corrected chi connectivity index (χ4v) is 3.35. The van der Waals surface area contributed by atoms with Crippen LogP contribution in [0.1, 0.15) is 12.0 Å². The Labute approximate surface area is 175 Å². The van der Waals surface area contributed by atoms with Gasteiger partial charge in [0.25, 0.3) is 5.92 Å². The highest BCUT2D eigenvalue weighted by atomic mass is 35.5. The maximum absolute atomic E-state index is 13.2. The number of aromatic nitrogens is 1. The monoisotopic (exact) mass is 470 g/mol. The second-order valence-electron chi connectivity index (χ2n) is 6.33. The average molecular weight is 472 g/mol. The maximum atomic E-state index is 13.2. The van der Waals surface area contributed by atoms with Gasteiger partial charge in [-0.25, -0.2) is 13.8 Å². The summed E-state index contributed by atoms with van der Waals surface area (Å²) in [5, 5.41) is 2.39. The van der Waals surface area contributed by atoms with Crippen LogP contribution in [0.25, 0.3) is 0 Å². The van der Waals surface area contributed by atoms with Gasteiger partial charge in [0.05, 0.1) is 23.2 Å². The third-order valence-corrected chi connectivity index (χ3v) is 4.73. The number of amides is 1. The molecule has 2 aliphatic rings. The van der Waals surface area contributed by atoms with Gasteiger partial charge >= 0.3 is 6.18 Å². The summed E-state index contributed by atoms with van der Waals surface area (Å²) >= 11 is 5.92. The number of halogens is 8. The van der Waals surface area contributed by atoms with Crippen molar-refractivity contribution in [2.75, 3.05) is 37.6 Å². The van der Waals surface area contributed by atoms with Gasteiger partial charge < -0.3 is 9.80 Å². The fraction of sp³-hybridized carbons (Fsp3) is 0.600. The lowest BCUT2D eigenvalue weighted by Crippen LogP contribution is -2.53. The molecule has 1 atom stereocenters. The van der Waals surface area contributed by atoms with Crippen LogP contribution in [0.15, 0.2) is 12.3 Å². The molecule has 0 aliphatic carbocycles. The Morgan fingerprint density at radius 2 is 1.82 bits per heavy atom. The largest absolute Gasteiger partial charge is 0.417 e. The SMILES string of the molecule is Cl.Cl.O=C(C1CC(F)(F)CN1)N1CCN(c2ncc(C(F)(F)F)cc2Cl)CC1. The summed E-state index contributed by atoms with van der Waals surface area (Å²) < 4.78 is 64.5. The van der Waals surface area contributed by atoms with E-state index in [1.54, 1.807) is 4.90 Å². The Balaban J connectivity index is 0.00000196. The van der Waals surface area contributed by atoms with Crippen LogP contribution in [0.5, 0.6) is 0 Å². The summed E-state index contributed by atoms with van der Waals surface area (Å²) in [4.78, 5) is 19.2. The number of piperazine rings is 1. The molecule has 0 aromatic carbocycles. The lowest BCUT2D eigenvalue weighted by molar-refractivity contribution is -0.138. The number of hydrogen-bond donors (Lipinski definition) is 1. The summed E-state index contributed by atoms with van der Waals surface area (Å²) in [6, 6.07) is -0.101. The highest BCUT2D eigenvalue weighted by Crippen LogP contribution is 2.34. The van der Waals surface area contributed by atoms with Crippen molar-refractivity contribution >= 4 is 48.1 Å².